The van der Waals surface area contributed by atoms with Crippen LogP contribution in [0.3, 0.4) is 0 Å². The van der Waals surface area contributed by atoms with Crippen LogP contribution in [0.2, 0.25) is 0 Å². The first kappa shape index (κ1) is 12.4. The normalized spacial score (nSPS) is 11.4. The third kappa shape index (κ3) is 2.67. The van der Waals surface area contributed by atoms with Crippen LogP contribution in [0.25, 0.3) is 0 Å². The fourth-order valence-electron chi connectivity index (χ4n) is 0.977. The van der Waals surface area contributed by atoms with Crippen LogP contribution in [0.4, 0.5) is 0 Å². The number of aromatic carboxylic acids is 1. The number of rotatable bonds is 2. The fraction of sp³-hybridized carbons (Fsp3) is 0. The molecule has 0 atom stereocenters. The van der Waals surface area contributed by atoms with E-state index in [0.717, 1.165) is 12.1 Å². The van der Waals surface area contributed by atoms with E-state index in [2.05, 4.69) is 0 Å². The predicted molar refractivity (Wildman–Crippen MR) is 44.5 cm³/mol. The summed E-state index contributed by atoms with van der Waals surface area (Å²) in [5, 5.41) is 18.0. The van der Waals surface area contributed by atoms with Crippen molar-refractivity contribution in [2.45, 2.75) is 4.90 Å². The summed E-state index contributed by atoms with van der Waals surface area (Å²) in [6.45, 7) is 0. The van der Waals surface area contributed by atoms with Gasteiger partial charge in [-0.25, -0.2) is 0 Å². The second-order valence-corrected chi connectivity index (χ2v) is 7.14. The topological polar surface area (TPSA) is 112 Å². The number of carboxylic acids is 1. The molecule has 1 aromatic rings. The van der Waals surface area contributed by atoms with Gasteiger partial charge >= 0.3 is 102 Å². The van der Waals surface area contributed by atoms with Gasteiger partial charge in [0.05, 0.1) is 0 Å². The van der Waals surface area contributed by atoms with E-state index in [-0.39, 0.29) is 29.2 Å². The van der Waals surface area contributed by atoms with Gasteiger partial charge in [-0.2, -0.15) is 0 Å². The van der Waals surface area contributed by atoms with Crippen LogP contribution < -0.4 is 3.07 Å². The molecule has 0 saturated carbocycles. The van der Waals surface area contributed by atoms with E-state index in [0.29, 0.717) is 0 Å². The van der Waals surface area contributed by atoms with Crippen molar-refractivity contribution in [3.8, 4) is 5.75 Å². The average Bonchev–Trinajstić information content (AvgIpc) is 2.06. The Labute approximate surface area is 101 Å². The van der Waals surface area contributed by atoms with Crippen LogP contribution in [0.5, 0.6) is 5.75 Å². The van der Waals surface area contributed by atoms with Gasteiger partial charge in [-0.05, 0) is 0 Å². The second kappa shape index (κ2) is 4.07. The molecule has 0 amide bonds. The standard InChI is InChI=1S/C7H5O6S.Hg/c8-6-2-1-4(14(11,12)13)3-5(6)7(9)10;/h1,3,8H,(H,9,10)(H,11,12,13);. The second-order valence-electron chi connectivity index (χ2n) is 2.76. The average molecular weight is 418 g/mol. The molecule has 6 nitrogen and oxygen atoms in total. The van der Waals surface area contributed by atoms with Crippen LogP contribution in [0.1, 0.15) is 10.4 Å². The summed E-state index contributed by atoms with van der Waals surface area (Å²) in [4.78, 5) is 10.1. The Bertz CT molecular complexity index is 521. The van der Waals surface area contributed by atoms with Gasteiger partial charge < -0.3 is 0 Å². The van der Waals surface area contributed by atoms with Crippen molar-refractivity contribution in [2.24, 2.45) is 0 Å². The van der Waals surface area contributed by atoms with Crippen LogP contribution in [-0.4, -0.2) is 29.2 Å². The zero-order valence-corrected chi connectivity index (χ0v) is 13.7. The number of hydrogen-bond acceptors (Lipinski definition) is 4. The maximum atomic E-state index is 10.8. The maximum absolute atomic E-state index is 10.8. The zero-order chi connectivity index (χ0) is 11.8. The molecule has 0 aliphatic rings. The molecule has 0 aliphatic carbocycles. The summed E-state index contributed by atoms with van der Waals surface area (Å²) < 4.78 is 30.5. The first-order valence-electron chi connectivity index (χ1n) is 3.63. The number of carbonyl (C=O) groups is 1. The fourth-order valence-corrected chi connectivity index (χ4v) is 3.71. The van der Waals surface area contributed by atoms with Crippen molar-refractivity contribution in [1.29, 1.82) is 0 Å². The molecule has 8 heteroatoms. The number of hydrogen-bond donors (Lipinski definition) is 3. The van der Waals surface area contributed by atoms with E-state index in [4.69, 9.17) is 9.66 Å². The summed E-state index contributed by atoms with van der Waals surface area (Å²) in [7, 11) is -4.44. The van der Waals surface area contributed by atoms with E-state index in [1.54, 1.807) is 0 Å². The number of benzene rings is 1. The molecule has 0 aromatic heterocycles. The molecule has 77 valence electrons. The van der Waals surface area contributed by atoms with Gasteiger partial charge in [0.2, 0.25) is 0 Å². The Kier molecular flexibility index (Phi) is 3.36. The number of phenols is 1. The number of aromatic hydroxyl groups is 1. The zero-order valence-electron chi connectivity index (χ0n) is 7.34. The molecule has 0 bridgehead atoms. The molecular formula is C7H5HgO6S. The molecule has 1 rings (SSSR count). The SMILES string of the molecule is O=C(O)c1cc(S(=O)(=O)O)c[c]([Hg])c1O. The minimum absolute atomic E-state index is 0.162. The van der Waals surface area contributed by atoms with E-state index >= 15 is 0 Å². The van der Waals surface area contributed by atoms with Crippen molar-refractivity contribution in [2.75, 3.05) is 0 Å². The van der Waals surface area contributed by atoms with Gasteiger partial charge in [-0.3, -0.25) is 0 Å². The van der Waals surface area contributed by atoms with Gasteiger partial charge in [-0.15, -0.1) is 0 Å². The molecule has 0 fully saturated rings. The van der Waals surface area contributed by atoms with Gasteiger partial charge in [0.25, 0.3) is 0 Å². The van der Waals surface area contributed by atoms with Crippen molar-refractivity contribution in [1.82, 2.24) is 0 Å². The summed E-state index contributed by atoms with van der Waals surface area (Å²) in [6, 6.07) is 1.80. The van der Waals surface area contributed by atoms with Gasteiger partial charge in [0.1, 0.15) is 0 Å². The van der Waals surface area contributed by atoms with Crippen LogP contribution in [-0.2, 0) is 36.2 Å². The monoisotopic (exact) mass is 419 g/mol. The van der Waals surface area contributed by atoms with E-state index in [1.807, 2.05) is 0 Å². The summed E-state index contributed by atoms with van der Waals surface area (Å²) in [5.74, 6) is -1.87. The van der Waals surface area contributed by atoms with Crippen LogP contribution >= 0.6 is 0 Å². The Morgan fingerprint density at radius 3 is 2.27 bits per heavy atom. The summed E-state index contributed by atoms with van der Waals surface area (Å²) >= 11 is -0.162. The summed E-state index contributed by atoms with van der Waals surface area (Å²) in [5.41, 5.74) is -0.518. The van der Waals surface area contributed by atoms with E-state index in [1.165, 1.54) is 0 Å². The first-order chi connectivity index (χ1) is 6.73. The van der Waals surface area contributed by atoms with E-state index in [9.17, 15) is 18.3 Å². The van der Waals surface area contributed by atoms with Crippen LogP contribution in [0.15, 0.2) is 17.0 Å². The van der Waals surface area contributed by atoms with Gasteiger partial charge in [-0.1, -0.05) is 0 Å². The van der Waals surface area contributed by atoms with Gasteiger partial charge in [0.15, 0.2) is 0 Å². The van der Waals surface area contributed by atoms with Gasteiger partial charge in [0, 0.05) is 0 Å². The molecule has 0 spiro atoms. The molecular weight excluding hydrogens is 413 g/mol. The molecule has 3 N–H and O–H groups in total. The Balaban J connectivity index is 3.57. The Morgan fingerprint density at radius 1 is 1.33 bits per heavy atom. The van der Waals surface area contributed by atoms with Crippen molar-refractivity contribution in [3.05, 3.63) is 17.7 Å². The number of carboxylic acid groups (broad SMARTS) is 1. The molecule has 0 aliphatic heterocycles. The summed E-state index contributed by atoms with van der Waals surface area (Å²) in [6.07, 6.45) is 0. The third-order valence-corrected chi connectivity index (χ3v) is 4.62. The minimum atomic E-state index is -4.44. The Hall–Kier alpha value is -0.665. The first-order valence-corrected chi connectivity index (χ1v) is 7.82. The molecule has 0 unspecified atom stereocenters. The third-order valence-electron chi connectivity index (χ3n) is 1.69. The van der Waals surface area contributed by atoms with Crippen molar-refractivity contribution in [3.63, 3.8) is 0 Å². The van der Waals surface area contributed by atoms with Crippen molar-refractivity contribution < 1.29 is 54.1 Å². The molecule has 0 saturated heterocycles. The predicted octanol–water partition coefficient (Wildman–Crippen LogP) is -0.491. The molecule has 15 heavy (non-hydrogen) atoms. The Morgan fingerprint density at radius 2 is 1.87 bits per heavy atom. The van der Waals surface area contributed by atoms with E-state index < -0.39 is 32.3 Å². The van der Waals surface area contributed by atoms with Crippen LogP contribution in [0, 0.1) is 0 Å². The van der Waals surface area contributed by atoms with Crippen molar-refractivity contribution >= 4 is 19.2 Å². The molecule has 0 radical (unpaired) electrons. The molecule has 0 heterocycles. The quantitative estimate of drug-likeness (QED) is 0.442. The molecule has 1 aromatic carbocycles.